The highest BCUT2D eigenvalue weighted by molar-refractivity contribution is 6.30. The fraction of sp³-hybridized carbons (Fsp3) is 0.500. The number of hydrogen-bond acceptors (Lipinski definition) is 3. The molecule has 0 unspecified atom stereocenters. The van der Waals surface area contributed by atoms with Gasteiger partial charge in [0.2, 0.25) is 11.8 Å². The van der Waals surface area contributed by atoms with Crippen LogP contribution in [0.4, 0.5) is 5.69 Å². The van der Waals surface area contributed by atoms with Gasteiger partial charge >= 0.3 is 0 Å². The van der Waals surface area contributed by atoms with Gasteiger partial charge < -0.3 is 10.6 Å². The molecule has 2 amide bonds. The lowest BCUT2D eigenvalue weighted by Crippen LogP contribution is -2.45. The molecule has 22 heavy (non-hydrogen) atoms. The van der Waals surface area contributed by atoms with Crippen LogP contribution in [-0.2, 0) is 9.59 Å². The minimum Gasteiger partial charge on any atom is -0.350 e. The quantitative estimate of drug-likeness (QED) is 0.845. The van der Waals surface area contributed by atoms with E-state index < -0.39 is 0 Å². The summed E-state index contributed by atoms with van der Waals surface area (Å²) in [6.45, 7) is 6.57. The van der Waals surface area contributed by atoms with Gasteiger partial charge in [-0.25, -0.2) is 0 Å². The second kappa shape index (κ2) is 8.15. The van der Waals surface area contributed by atoms with E-state index in [1.165, 1.54) is 0 Å². The molecule has 0 aliphatic carbocycles. The topological polar surface area (TPSA) is 61.4 Å². The van der Waals surface area contributed by atoms with E-state index in [4.69, 9.17) is 11.6 Å². The zero-order valence-electron chi connectivity index (χ0n) is 13.6. The normalized spacial score (nSPS) is 11.4. The van der Waals surface area contributed by atoms with E-state index in [1.54, 1.807) is 24.3 Å². The first-order valence-electron chi connectivity index (χ1n) is 7.21. The number of nitrogens with one attached hydrogen (secondary N) is 2. The largest absolute Gasteiger partial charge is 0.350 e. The first-order chi connectivity index (χ1) is 10.2. The predicted octanol–water partition coefficient (Wildman–Crippen LogP) is 2.52. The fourth-order valence-corrected chi connectivity index (χ4v) is 2.05. The van der Waals surface area contributed by atoms with Crippen molar-refractivity contribution in [3.63, 3.8) is 0 Å². The lowest BCUT2D eigenvalue weighted by molar-refractivity contribution is -0.124. The molecule has 0 fully saturated rings. The molecule has 0 atom stereocenters. The molecule has 2 N–H and O–H groups in total. The summed E-state index contributed by atoms with van der Waals surface area (Å²) in [6.07, 6.45) is 0.311. The van der Waals surface area contributed by atoms with E-state index in [1.807, 2.05) is 32.7 Å². The number of rotatable bonds is 6. The predicted molar refractivity (Wildman–Crippen MR) is 90.1 cm³/mol. The van der Waals surface area contributed by atoms with E-state index in [2.05, 4.69) is 10.6 Å². The number of hydrogen-bond donors (Lipinski definition) is 2. The van der Waals surface area contributed by atoms with Crippen LogP contribution in [0.2, 0.25) is 5.02 Å². The van der Waals surface area contributed by atoms with Gasteiger partial charge in [-0.2, -0.15) is 0 Å². The molecule has 0 aliphatic heterocycles. The maximum atomic E-state index is 11.9. The van der Waals surface area contributed by atoms with Gasteiger partial charge in [-0.15, -0.1) is 0 Å². The maximum absolute atomic E-state index is 11.9. The van der Waals surface area contributed by atoms with Crippen LogP contribution in [0.15, 0.2) is 24.3 Å². The molecule has 0 aliphatic rings. The van der Waals surface area contributed by atoms with Crippen molar-refractivity contribution in [2.45, 2.75) is 32.7 Å². The number of halogens is 1. The molecule has 0 spiro atoms. The molecule has 0 radical (unpaired) electrons. The van der Waals surface area contributed by atoms with Crippen molar-refractivity contribution >= 4 is 29.1 Å². The zero-order chi connectivity index (χ0) is 16.8. The van der Waals surface area contributed by atoms with E-state index in [9.17, 15) is 9.59 Å². The van der Waals surface area contributed by atoms with E-state index in [-0.39, 0.29) is 23.9 Å². The highest BCUT2D eigenvalue weighted by Gasteiger charge is 2.15. The Hall–Kier alpha value is -1.59. The third kappa shape index (κ3) is 8.00. The van der Waals surface area contributed by atoms with Crippen LogP contribution in [-0.4, -0.2) is 42.4 Å². The van der Waals surface area contributed by atoms with Crippen LogP contribution in [0.1, 0.15) is 27.2 Å². The monoisotopic (exact) mass is 325 g/mol. The summed E-state index contributed by atoms with van der Waals surface area (Å²) >= 11 is 5.86. The van der Waals surface area contributed by atoms with Gasteiger partial charge in [0.05, 0.1) is 6.54 Å². The third-order valence-electron chi connectivity index (χ3n) is 2.76. The van der Waals surface area contributed by atoms with E-state index >= 15 is 0 Å². The molecular formula is C16H24ClN3O2. The van der Waals surface area contributed by atoms with Gasteiger partial charge in [0.1, 0.15) is 0 Å². The molecule has 6 heteroatoms. The van der Waals surface area contributed by atoms with Crippen LogP contribution in [0, 0.1) is 0 Å². The van der Waals surface area contributed by atoms with Crippen molar-refractivity contribution < 1.29 is 9.59 Å². The van der Waals surface area contributed by atoms with Gasteiger partial charge in [-0.1, -0.05) is 17.7 Å². The molecule has 1 aromatic carbocycles. The van der Waals surface area contributed by atoms with Crippen molar-refractivity contribution in [2.75, 3.05) is 25.5 Å². The number of nitrogens with zero attached hydrogens (tertiary/aromatic N) is 1. The Labute approximate surface area is 137 Å². The highest BCUT2D eigenvalue weighted by Crippen LogP contribution is 2.14. The smallest absolute Gasteiger partial charge is 0.234 e. The second-order valence-electron chi connectivity index (χ2n) is 6.34. The number of anilines is 1. The lowest BCUT2D eigenvalue weighted by atomic mass is 10.1. The second-order valence-corrected chi connectivity index (χ2v) is 6.78. The summed E-state index contributed by atoms with van der Waals surface area (Å²) in [5, 5.41) is 6.24. The molecule has 1 rings (SSSR count). The maximum Gasteiger partial charge on any atom is 0.234 e. The van der Waals surface area contributed by atoms with Gasteiger partial charge in [0.25, 0.3) is 0 Å². The Bertz CT molecular complexity index is 526. The van der Waals surface area contributed by atoms with Crippen LogP contribution in [0.5, 0.6) is 0 Å². The van der Waals surface area contributed by atoms with Crippen LogP contribution < -0.4 is 10.6 Å². The number of carbonyl (C=O) groups excluding carboxylic acids is 2. The summed E-state index contributed by atoms with van der Waals surface area (Å²) in [7, 11) is 1.81. The van der Waals surface area contributed by atoms with Gasteiger partial charge in [-0.05, 0) is 46.0 Å². The third-order valence-corrected chi connectivity index (χ3v) is 2.99. The first kappa shape index (κ1) is 18.5. The molecule has 122 valence electrons. The molecule has 0 saturated carbocycles. The lowest BCUT2D eigenvalue weighted by Gasteiger charge is -2.23. The average molecular weight is 326 g/mol. The molecule has 1 aromatic rings. The summed E-state index contributed by atoms with van der Waals surface area (Å²) in [6, 6.07) is 7.00. The molecule has 5 nitrogen and oxygen atoms in total. The zero-order valence-corrected chi connectivity index (χ0v) is 14.3. The summed E-state index contributed by atoms with van der Waals surface area (Å²) < 4.78 is 0. The Morgan fingerprint density at radius 2 is 1.91 bits per heavy atom. The SMILES string of the molecule is CN(CCC(=O)Nc1cccc(Cl)c1)CC(=O)NC(C)(C)C. The van der Waals surface area contributed by atoms with Crippen molar-refractivity contribution in [1.82, 2.24) is 10.2 Å². The van der Waals surface area contributed by atoms with Gasteiger partial charge in [0.15, 0.2) is 0 Å². The Kier molecular flexibility index (Phi) is 6.84. The standard InChI is InChI=1S/C16H24ClN3O2/c1-16(2,3)19-15(22)11-20(4)9-8-14(21)18-13-7-5-6-12(17)10-13/h5-7,10H,8-9,11H2,1-4H3,(H,18,21)(H,19,22). The Morgan fingerprint density at radius 1 is 1.23 bits per heavy atom. The fourth-order valence-electron chi connectivity index (χ4n) is 1.86. The molecule has 0 heterocycles. The van der Waals surface area contributed by atoms with Crippen molar-refractivity contribution in [2.24, 2.45) is 0 Å². The molecule has 0 saturated heterocycles. The van der Waals surface area contributed by atoms with E-state index in [0.717, 1.165) is 0 Å². The van der Waals surface area contributed by atoms with Crippen LogP contribution >= 0.6 is 11.6 Å². The summed E-state index contributed by atoms with van der Waals surface area (Å²) in [4.78, 5) is 25.5. The first-order valence-corrected chi connectivity index (χ1v) is 7.58. The summed E-state index contributed by atoms with van der Waals surface area (Å²) in [5.74, 6) is -0.157. The Morgan fingerprint density at radius 3 is 2.50 bits per heavy atom. The van der Waals surface area contributed by atoms with Crippen molar-refractivity contribution in [3.05, 3.63) is 29.3 Å². The number of likely N-dealkylation sites (N-methyl/N-ethyl adjacent to an activating group) is 1. The van der Waals surface area contributed by atoms with Gasteiger partial charge in [0, 0.05) is 29.2 Å². The Balaban J connectivity index is 2.33. The minimum atomic E-state index is -0.248. The molecule has 0 bridgehead atoms. The number of benzene rings is 1. The number of carbonyl (C=O) groups is 2. The van der Waals surface area contributed by atoms with Crippen molar-refractivity contribution in [3.8, 4) is 0 Å². The van der Waals surface area contributed by atoms with Crippen LogP contribution in [0.3, 0.4) is 0 Å². The average Bonchev–Trinajstić information content (AvgIpc) is 2.34. The van der Waals surface area contributed by atoms with Gasteiger partial charge in [-0.3, -0.25) is 14.5 Å². The van der Waals surface area contributed by atoms with E-state index in [0.29, 0.717) is 23.7 Å². The molecular weight excluding hydrogens is 302 g/mol. The van der Waals surface area contributed by atoms with Crippen molar-refractivity contribution in [1.29, 1.82) is 0 Å². The molecule has 0 aromatic heterocycles. The summed E-state index contributed by atoms with van der Waals surface area (Å²) in [5.41, 5.74) is 0.424. The highest BCUT2D eigenvalue weighted by atomic mass is 35.5. The number of amides is 2. The minimum absolute atomic E-state index is 0.0507. The van der Waals surface area contributed by atoms with Crippen LogP contribution in [0.25, 0.3) is 0 Å².